The molecular formula is C19H19NO4S. The minimum atomic E-state index is -0.826. The number of thioether (sulfide) groups is 1. The summed E-state index contributed by atoms with van der Waals surface area (Å²) in [4.78, 5) is 23.3. The molecular weight excluding hydrogens is 338 g/mol. The molecule has 1 heterocycles. The Balaban J connectivity index is 1.66. The van der Waals surface area contributed by atoms with Gasteiger partial charge in [0, 0.05) is 17.0 Å². The molecule has 2 aromatic rings. The molecule has 1 atom stereocenters. The number of para-hydroxylation sites is 1. The number of carboxylic acid groups (broad SMARTS) is 1. The second-order valence-corrected chi connectivity index (χ2v) is 6.79. The van der Waals surface area contributed by atoms with Gasteiger partial charge < -0.3 is 15.2 Å². The van der Waals surface area contributed by atoms with E-state index < -0.39 is 5.97 Å². The van der Waals surface area contributed by atoms with Crippen LogP contribution in [0.15, 0.2) is 48.5 Å². The summed E-state index contributed by atoms with van der Waals surface area (Å²) in [6.45, 7) is 0.529. The van der Waals surface area contributed by atoms with E-state index in [0.29, 0.717) is 18.8 Å². The number of ether oxygens (including phenoxy) is 1. The monoisotopic (exact) mass is 357 g/mol. The summed E-state index contributed by atoms with van der Waals surface area (Å²) in [6, 6.07) is 15.1. The van der Waals surface area contributed by atoms with Crippen LogP contribution in [-0.2, 0) is 15.3 Å². The molecule has 0 fully saturated rings. The predicted octanol–water partition coefficient (Wildman–Crippen LogP) is 3.51. The van der Waals surface area contributed by atoms with Crippen LogP contribution in [0.2, 0.25) is 0 Å². The van der Waals surface area contributed by atoms with Crippen LogP contribution in [0.3, 0.4) is 0 Å². The summed E-state index contributed by atoms with van der Waals surface area (Å²) < 4.78 is 5.61. The van der Waals surface area contributed by atoms with Crippen molar-refractivity contribution in [1.29, 1.82) is 0 Å². The van der Waals surface area contributed by atoms with Crippen LogP contribution in [0, 0.1) is 0 Å². The lowest BCUT2D eigenvalue weighted by atomic mass is 9.92. The van der Waals surface area contributed by atoms with Crippen molar-refractivity contribution in [3.05, 3.63) is 59.7 Å². The molecule has 1 unspecified atom stereocenters. The fourth-order valence-electron chi connectivity index (χ4n) is 2.84. The predicted molar refractivity (Wildman–Crippen MR) is 98.2 cm³/mol. The number of anilines is 1. The van der Waals surface area contributed by atoms with Crippen LogP contribution >= 0.6 is 11.8 Å². The Kier molecular flexibility index (Phi) is 5.60. The zero-order valence-corrected chi connectivity index (χ0v) is 14.4. The fourth-order valence-corrected chi connectivity index (χ4v) is 3.53. The van der Waals surface area contributed by atoms with E-state index >= 15 is 0 Å². The number of hydrogen-bond donors (Lipinski definition) is 2. The number of nitrogens with one attached hydrogen (secondary N) is 1. The molecule has 1 aliphatic rings. The van der Waals surface area contributed by atoms with Crippen molar-refractivity contribution in [1.82, 2.24) is 0 Å². The summed E-state index contributed by atoms with van der Waals surface area (Å²) >= 11 is 1.33. The average Bonchev–Trinajstić information content (AvgIpc) is 2.61. The number of carbonyl (C=O) groups excluding carboxylic acids is 1. The van der Waals surface area contributed by atoms with Crippen LogP contribution in [-0.4, -0.2) is 29.3 Å². The molecule has 2 N–H and O–H groups in total. The summed E-state index contributed by atoms with van der Waals surface area (Å²) in [6.07, 6.45) is 0.650. The maximum atomic E-state index is 12.7. The zero-order chi connectivity index (χ0) is 17.6. The molecule has 0 radical (unpaired) electrons. The number of amides is 1. The van der Waals surface area contributed by atoms with Gasteiger partial charge in [0.2, 0.25) is 5.91 Å². The highest BCUT2D eigenvalue weighted by Crippen LogP contribution is 2.34. The molecule has 0 spiro atoms. The SMILES string of the molecule is O=C(O)CSCc1cccc(NC(=O)C2CCOc3ccccc32)c1. The molecule has 6 heteroatoms. The lowest BCUT2D eigenvalue weighted by Gasteiger charge is -2.25. The van der Waals surface area contributed by atoms with Gasteiger partial charge in [-0.05, 0) is 30.2 Å². The number of fused-ring (bicyclic) bond motifs is 1. The van der Waals surface area contributed by atoms with Crippen molar-refractivity contribution < 1.29 is 19.4 Å². The van der Waals surface area contributed by atoms with Crippen molar-refractivity contribution in [3.8, 4) is 5.75 Å². The molecule has 3 rings (SSSR count). The van der Waals surface area contributed by atoms with E-state index in [0.717, 1.165) is 22.6 Å². The Morgan fingerprint density at radius 1 is 1.20 bits per heavy atom. The Hall–Kier alpha value is -2.47. The normalized spacial score (nSPS) is 15.8. The second-order valence-electron chi connectivity index (χ2n) is 5.80. The number of hydrogen-bond acceptors (Lipinski definition) is 4. The topological polar surface area (TPSA) is 75.6 Å². The number of rotatable bonds is 6. The molecule has 5 nitrogen and oxygen atoms in total. The molecule has 1 amide bonds. The Morgan fingerprint density at radius 2 is 2.04 bits per heavy atom. The lowest BCUT2D eigenvalue weighted by molar-refractivity contribution is -0.133. The van der Waals surface area contributed by atoms with Crippen molar-refractivity contribution in [2.45, 2.75) is 18.1 Å². The van der Waals surface area contributed by atoms with Gasteiger partial charge in [-0.15, -0.1) is 11.8 Å². The highest BCUT2D eigenvalue weighted by Gasteiger charge is 2.27. The van der Waals surface area contributed by atoms with Crippen molar-refractivity contribution >= 4 is 29.3 Å². The van der Waals surface area contributed by atoms with E-state index in [4.69, 9.17) is 9.84 Å². The van der Waals surface area contributed by atoms with Gasteiger partial charge in [0.05, 0.1) is 18.3 Å². The van der Waals surface area contributed by atoms with Crippen LogP contribution in [0.5, 0.6) is 5.75 Å². The number of carbonyl (C=O) groups is 2. The Labute approximate surface area is 150 Å². The van der Waals surface area contributed by atoms with E-state index in [1.165, 1.54) is 11.8 Å². The van der Waals surface area contributed by atoms with Crippen LogP contribution < -0.4 is 10.1 Å². The summed E-state index contributed by atoms with van der Waals surface area (Å²) in [5.74, 6) is 0.326. The van der Waals surface area contributed by atoms with Crippen molar-refractivity contribution in [2.24, 2.45) is 0 Å². The molecule has 25 heavy (non-hydrogen) atoms. The number of benzene rings is 2. The first-order valence-corrected chi connectivity index (χ1v) is 9.20. The first-order chi connectivity index (χ1) is 12.1. The van der Waals surface area contributed by atoms with Gasteiger partial charge in [0.1, 0.15) is 5.75 Å². The third kappa shape index (κ3) is 4.54. The Bertz CT molecular complexity index is 778. The lowest BCUT2D eigenvalue weighted by Crippen LogP contribution is -2.26. The largest absolute Gasteiger partial charge is 0.493 e. The third-order valence-electron chi connectivity index (χ3n) is 3.96. The van der Waals surface area contributed by atoms with Gasteiger partial charge in [0.15, 0.2) is 0 Å². The van der Waals surface area contributed by atoms with Crippen molar-refractivity contribution in [3.63, 3.8) is 0 Å². The minimum Gasteiger partial charge on any atom is -0.493 e. The molecule has 130 valence electrons. The minimum absolute atomic E-state index is 0.0499. The van der Waals surface area contributed by atoms with Gasteiger partial charge in [-0.1, -0.05) is 30.3 Å². The zero-order valence-electron chi connectivity index (χ0n) is 13.6. The van der Waals surface area contributed by atoms with E-state index in [2.05, 4.69) is 5.32 Å². The van der Waals surface area contributed by atoms with Crippen LogP contribution in [0.25, 0.3) is 0 Å². The van der Waals surface area contributed by atoms with Gasteiger partial charge in [0.25, 0.3) is 0 Å². The first-order valence-electron chi connectivity index (χ1n) is 8.04. The number of carboxylic acids is 1. The highest BCUT2D eigenvalue weighted by molar-refractivity contribution is 7.99. The average molecular weight is 357 g/mol. The molecule has 1 aliphatic heterocycles. The quantitative estimate of drug-likeness (QED) is 0.827. The number of aliphatic carboxylic acids is 1. The highest BCUT2D eigenvalue weighted by atomic mass is 32.2. The molecule has 0 bridgehead atoms. The molecule has 0 saturated carbocycles. The van der Waals surface area contributed by atoms with Crippen molar-refractivity contribution in [2.75, 3.05) is 17.7 Å². The van der Waals surface area contributed by atoms with Gasteiger partial charge in [-0.3, -0.25) is 9.59 Å². The fraction of sp³-hybridized carbons (Fsp3) is 0.263. The molecule has 2 aromatic carbocycles. The maximum Gasteiger partial charge on any atom is 0.313 e. The van der Waals surface area contributed by atoms with E-state index in [-0.39, 0.29) is 17.6 Å². The molecule has 0 aliphatic carbocycles. The van der Waals surface area contributed by atoms with E-state index in [9.17, 15) is 9.59 Å². The summed E-state index contributed by atoms with van der Waals surface area (Å²) in [5, 5.41) is 11.7. The van der Waals surface area contributed by atoms with E-state index in [1.54, 1.807) is 0 Å². The Morgan fingerprint density at radius 3 is 2.88 bits per heavy atom. The smallest absolute Gasteiger partial charge is 0.313 e. The third-order valence-corrected chi connectivity index (χ3v) is 4.95. The summed E-state index contributed by atoms with van der Waals surface area (Å²) in [5.41, 5.74) is 2.62. The molecule has 0 saturated heterocycles. The van der Waals surface area contributed by atoms with Gasteiger partial charge in [-0.25, -0.2) is 0 Å². The summed E-state index contributed by atoms with van der Waals surface area (Å²) in [7, 11) is 0. The van der Waals surface area contributed by atoms with Crippen LogP contribution in [0.1, 0.15) is 23.5 Å². The maximum absolute atomic E-state index is 12.7. The standard InChI is InChI=1S/C19H19NO4S/c21-18(22)12-25-11-13-4-3-5-14(10-13)20-19(23)16-8-9-24-17-7-2-1-6-15(16)17/h1-7,10,16H,8-9,11-12H2,(H,20,23)(H,21,22). The second kappa shape index (κ2) is 8.07. The van der Waals surface area contributed by atoms with Gasteiger partial charge >= 0.3 is 5.97 Å². The first kappa shape index (κ1) is 17.4. The van der Waals surface area contributed by atoms with Crippen LogP contribution in [0.4, 0.5) is 5.69 Å². The molecule has 0 aromatic heterocycles. The van der Waals surface area contributed by atoms with E-state index in [1.807, 2.05) is 48.5 Å². The van der Waals surface area contributed by atoms with Gasteiger partial charge in [-0.2, -0.15) is 0 Å².